The fourth-order valence-corrected chi connectivity index (χ4v) is 4.67. The van der Waals surface area contributed by atoms with Crippen LogP contribution in [0.5, 0.6) is 0 Å². The van der Waals surface area contributed by atoms with Gasteiger partial charge in [0, 0.05) is 31.2 Å². The second-order valence-electron chi connectivity index (χ2n) is 8.73. The molecule has 0 fully saturated rings. The smallest absolute Gasteiger partial charge is 0.306 e. The molecule has 2 aromatic heterocycles. The van der Waals surface area contributed by atoms with Crippen molar-refractivity contribution in [2.75, 3.05) is 0 Å². The fraction of sp³-hybridized carbons (Fsp3) is 0.179. The minimum atomic E-state index is -1.07. The summed E-state index contributed by atoms with van der Waals surface area (Å²) in [5.41, 5.74) is 5.81. The highest BCUT2D eigenvalue weighted by Gasteiger charge is 2.34. The predicted molar refractivity (Wildman–Crippen MR) is 131 cm³/mol. The fourth-order valence-electron chi connectivity index (χ4n) is 4.67. The molecule has 0 saturated heterocycles. The van der Waals surface area contributed by atoms with Crippen LogP contribution in [0.15, 0.2) is 91.5 Å². The molecule has 7 heteroatoms. The molecule has 1 unspecified atom stereocenters. The highest BCUT2D eigenvalue weighted by atomic mass is 16.4. The summed E-state index contributed by atoms with van der Waals surface area (Å²) in [7, 11) is 0. The van der Waals surface area contributed by atoms with E-state index < -0.39 is 30.1 Å². The maximum Gasteiger partial charge on any atom is 0.306 e. The van der Waals surface area contributed by atoms with Crippen molar-refractivity contribution in [3.05, 3.63) is 103 Å². The first kappa shape index (κ1) is 22.6. The number of aromatic nitrogens is 2. The van der Waals surface area contributed by atoms with Crippen molar-refractivity contribution in [3.8, 4) is 22.3 Å². The molecule has 0 radical (unpaired) electrons. The summed E-state index contributed by atoms with van der Waals surface area (Å²) in [6.45, 7) is 0. The van der Waals surface area contributed by atoms with E-state index >= 15 is 0 Å². The summed E-state index contributed by atoms with van der Waals surface area (Å²) in [5, 5.41) is 22.9. The summed E-state index contributed by atoms with van der Waals surface area (Å²) >= 11 is 0. The van der Waals surface area contributed by atoms with E-state index in [1.807, 2.05) is 66.7 Å². The lowest BCUT2D eigenvalue weighted by Crippen LogP contribution is -2.39. The standard InChI is InChI=1S/C28H25N3O4/c32-25-15-21-3-1-2-4-23(21)27(25)30-28(35)24(16-26(33)34)31-14-11-22(17-31)19-7-5-18(6-8-19)20-9-12-29-13-10-20/h1-14,17,24-25,27,32H,15-16H2,(H,30,35)(H,33,34)/t24-,25-,27?/m1/s1. The first-order valence-electron chi connectivity index (χ1n) is 11.5. The maximum atomic E-state index is 13.2. The molecular weight excluding hydrogens is 442 g/mol. The molecule has 2 aromatic carbocycles. The largest absolute Gasteiger partial charge is 0.481 e. The number of carbonyl (C=O) groups excluding carboxylic acids is 1. The highest BCUT2D eigenvalue weighted by Crippen LogP contribution is 2.32. The average molecular weight is 468 g/mol. The Labute approximate surface area is 202 Å². The van der Waals surface area contributed by atoms with E-state index in [2.05, 4.69) is 10.3 Å². The van der Waals surface area contributed by atoms with Crippen molar-refractivity contribution in [1.82, 2.24) is 14.9 Å². The third kappa shape index (κ3) is 4.72. The molecule has 3 atom stereocenters. The lowest BCUT2D eigenvalue weighted by Gasteiger charge is -2.23. The zero-order valence-electron chi connectivity index (χ0n) is 18.9. The van der Waals surface area contributed by atoms with Gasteiger partial charge >= 0.3 is 5.97 Å². The molecule has 0 saturated carbocycles. The SMILES string of the molecule is O=C(O)C[C@H](C(=O)NC1c2ccccc2C[C@H]1O)n1ccc(-c2ccc(-c3ccncc3)cc2)c1. The quantitative estimate of drug-likeness (QED) is 0.381. The minimum Gasteiger partial charge on any atom is -0.481 e. The van der Waals surface area contributed by atoms with Crippen LogP contribution in [0.4, 0.5) is 0 Å². The molecule has 2 heterocycles. The van der Waals surface area contributed by atoms with Crippen LogP contribution in [0, 0.1) is 0 Å². The molecule has 5 rings (SSSR count). The summed E-state index contributed by atoms with van der Waals surface area (Å²) in [6.07, 6.45) is 6.34. The molecule has 176 valence electrons. The van der Waals surface area contributed by atoms with Gasteiger partial charge in [0.1, 0.15) is 6.04 Å². The van der Waals surface area contributed by atoms with Gasteiger partial charge in [-0.1, -0.05) is 48.5 Å². The zero-order valence-corrected chi connectivity index (χ0v) is 18.9. The number of nitrogens with zero attached hydrogens (tertiary/aromatic N) is 2. The Bertz CT molecular complexity index is 1350. The summed E-state index contributed by atoms with van der Waals surface area (Å²) in [4.78, 5) is 28.9. The lowest BCUT2D eigenvalue weighted by molar-refractivity contribution is -0.141. The van der Waals surface area contributed by atoms with Crippen LogP contribution >= 0.6 is 0 Å². The number of aliphatic hydroxyl groups is 1. The van der Waals surface area contributed by atoms with E-state index in [0.717, 1.165) is 33.4 Å². The number of amides is 1. The number of carbonyl (C=O) groups is 2. The molecule has 7 nitrogen and oxygen atoms in total. The number of fused-ring (bicyclic) bond motifs is 1. The maximum absolute atomic E-state index is 13.2. The summed E-state index contributed by atoms with van der Waals surface area (Å²) in [6, 6.07) is 19.8. The number of nitrogens with one attached hydrogen (secondary N) is 1. The average Bonchev–Trinajstić information content (AvgIpc) is 3.48. The van der Waals surface area contributed by atoms with Gasteiger partial charge in [0.25, 0.3) is 0 Å². The van der Waals surface area contributed by atoms with E-state index in [1.165, 1.54) is 0 Å². The molecular formula is C28H25N3O4. The van der Waals surface area contributed by atoms with Crippen LogP contribution in [0.25, 0.3) is 22.3 Å². The number of aliphatic hydroxyl groups excluding tert-OH is 1. The Morgan fingerprint density at radius 3 is 2.31 bits per heavy atom. The third-order valence-electron chi connectivity index (χ3n) is 6.48. The molecule has 1 aliphatic rings. The van der Waals surface area contributed by atoms with Gasteiger partial charge in [-0.05, 0) is 51.6 Å². The van der Waals surface area contributed by atoms with E-state index in [1.54, 1.807) is 29.4 Å². The van der Waals surface area contributed by atoms with Gasteiger partial charge in [-0.2, -0.15) is 0 Å². The number of hydrogen-bond donors (Lipinski definition) is 3. The number of hydrogen-bond acceptors (Lipinski definition) is 4. The Morgan fingerprint density at radius 1 is 0.943 bits per heavy atom. The van der Waals surface area contributed by atoms with Crippen LogP contribution in [0.2, 0.25) is 0 Å². The summed E-state index contributed by atoms with van der Waals surface area (Å²) < 4.78 is 1.63. The van der Waals surface area contributed by atoms with Crippen molar-refractivity contribution in [1.29, 1.82) is 0 Å². The van der Waals surface area contributed by atoms with Gasteiger partial charge in [-0.15, -0.1) is 0 Å². The minimum absolute atomic E-state index is 0.370. The molecule has 35 heavy (non-hydrogen) atoms. The van der Waals surface area contributed by atoms with Crippen molar-refractivity contribution in [2.24, 2.45) is 0 Å². The molecule has 1 amide bonds. The first-order chi connectivity index (χ1) is 17.0. The Kier molecular flexibility index (Phi) is 6.16. The number of rotatable bonds is 7. The molecule has 3 N–H and O–H groups in total. The lowest BCUT2D eigenvalue weighted by atomic mass is 10.0. The van der Waals surface area contributed by atoms with Crippen LogP contribution in [-0.4, -0.2) is 37.7 Å². The summed E-state index contributed by atoms with van der Waals surface area (Å²) in [5.74, 6) is -1.52. The molecule has 0 spiro atoms. The van der Waals surface area contributed by atoms with Crippen LogP contribution in [-0.2, 0) is 16.0 Å². The van der Waals surface area contributed by atoms with E-state index in [4.69, 9.17) is 0 Å². The zero-order chi connectivity index (χ0) is 24.4. The van der Waals surface area contributed by atoms with Crippen LogP contribution < -0.4 is 5.32 Å². The molecule has 0 bridgehead atoms. The van der Waals surface area contributed by atoms with Crippen molar-refractivity contribution >= 4 is 11.9 Å². The Morgan fingerprint density at radius 2 is 1.60 bits per heavy atom. The second kappa shape index (κ2) is 9.56. The van der Waals surface area contributed by atoms with E-state index in [9.17, 15) is 19.8 Å². The predicted octanol–water partition coefficient (Wildman–Crippen LogP) is 4.01. The number of pyridine rings is 1. The van der Waals surface area contributed by atoms with E-state index in [-0.39, 0.29) is 6.42 Å². The highest BCUT2D eigenvalue weighted by molar-refractivity contribution is 5.85. The van der Waals surface area contributed by atoms with Crippen molar-refractivity contribution < 1.29 is 19.8 Å². The Balaban J connectivity index is 1.37. The molecule has 1 aliphatic carbocycles. The van der Waals surface area contributed by atoms with Gasteiger partial charge in [-0.25, -0.2) is 0 Å². The Hall–Kier alpha value is -4.23. The van der Waals surface area contributed by atoms with Crippen LogP contribution in [0.1, 0.15) is 29.6 Å². The molecule has 4 aromatic rings. The third-order valence-corrected chi connectivity index (χ3v) is 6.48. The van der Waals surface area contributed by atoms with Crippen LogP contribution in [0.3, 0.4) is 0 Å². The van der Waals surface area contributed by atoms with Gasteiger partial charge in [0.15, 0.2) is 0 Å². The number of carboxylic acids is 1. The normalized spacial score (nSPS) is 17.5. The van der Waals surface area contributed by atoms with Gasteiger partial charge in [-0.3, -0.25) is 14.6 Å². The topological polar surface area (TPSA) is 104 Å². The van der Waals surface area contributed by atoms with Crippen molar-refractivity contribution in [3.63, 3.8) is 0 Å². The number of carboxylic acid groups (broad SMARTS) is 1. The van der Waals surface area contributed by atoms with Gasteiger partial charge < -0.3 is 20.1 Å². The molecule has 0 aliphatic heterocycles. The number of benzene rings is 2. The van der Waals surface area contributed by atoms with Gasteiger partial charge in [0.2, 0.25) is 5.91 Å². The second-order valence-corrected chi connectivity index (χ2v) is 8.73. The van der Waals surface area contributed by atoms with Crippen molar-refractivity contribution in [2.45, 2.75) is 31.0 Å². The first-order valence-corrected chi connectivity index (χ1v) is 11.5. The van der Waals surface area contributed by atoms with Gasteiger partial charge in [0.05, 0.1) is 18.6 Å². The monoisotopic (exact) mass is 467 g/mol. The van der Waals surface area contributed by atoms with E-state index in [0.29, 0.717) is 6.42 Å². The number of aliphatic carboxylic acids is 1.